The van der Waals surface area contributed by atoms with E-state index in [1.54, 1.807) is 0 Å². The Labute approximate surface area is 105 Å². The number of halogens is 1. The molecule has 1 aliphatic rings. The predicted octanol–water partition coefficient (Wildman–Crippen LogP) is 0.396. The van der Waals surface area contributed by atoms with E-state index in [1.807, 2.05) is 30.3 Å². The molecule has 0 amide bonds. The number of alkyl halides is 1. The molecule has 0 spiro atoms. The summed E-state index contributed by atoms with van der Waals surface area (Å²) in [6.45, 7) is 0.159. The summed E-state index contributed by atoms with van der Waals surface area (Å²) in [7, 11) is 0. The van der Waals surface area contributed by atoms with Crippen LogP contribution in [0.25, 0.3) is 0 Å². The van der Waals surface area contributed by atoms with E-state index in [1.165, 1.54) is 0 Å². The fourth-order valence-corrected chi connectivity index (χ4v) is 2.11. The normalized spacial score (nSPS) is 36.6. The lowest BCUT2D eigenvalue weighted by atomic mass is 9.88. The number of hydrogen-bond acceptors (Lipinski definition) is 4. The van der Waals surface area contributed by atoms with Gasteiger partial charge in [-0.1, -0.05) is 30.3 Å². The Morgan fingerprint density at radius 1 is 1.11 bits per heavy atom. The summed E-state index contributed by atoms with van der Waals surface area (Å²) in [5.41, 5.74) is 0.859. The number of ether oxygens (including phenoxy) is 1. The number of hydrogen-bond donors (Lipinski definition) is 3. The average Bonchev–Trinajstić information content (AvgIpc) is 2.37. The summed E-state index contributed by atoms with van der Waals surface area (Å²) in [5, 5.41) is 28.4. The maximum atomic E-state index is 13.8. The van der Waals surface area contributed by atoms with Crippen LogP contribution in [0.15, 0.2) is 30.3 Å². The van der Waals surface area contributed by atoms with E-state index < -0.39 is 30.6 Å². The van der Waals surface area contributed by atoms with E-state index in [0.717, 1.165) is 5.56 Å². The molecule has 0 aromatic heterocycles. The van der Waals surface area contributed by atoms with Gasteiger partial charge in [0.05, 0.1) is 18.8 Å². The Balaban J connectivity index is 1.96. The summed E-state index contributed by atoms with van der Waals surface area (Å²) >= 11 is 0. The van der Waals surface area contributed by atoms with Crippen LogP contribution < -0.4 is 0 Å². The first-order valence-electron chi connectivity index (χ1n) is 5.93. The number of rotatable bonds is 3. The van der Waals surface area contributed by atoms with Gasteiger partial charge in [-0.15, -0.1) is 0 Å². The van der Waals surface area contributed by atoms with E-state index >= 15 is 0 Å². The summed E-state index contributed by atoms with van der Waals surface area (Å²) in [4.78, 5) is 0. The van der Waals surface area contributed by atoms with Crippen molar-refractivity contribution in [1.29, 1.82) is 0 Å². The molecule has 0 saturated heterocycles. The van der Waals surface area contributed by atoms with Crippen LogP contribution in [0.3, 0.4) is 0 Å². The molecule has 18 heavy (non-hydrogen) atoms. The molecule has 1 saturated carbocycles. The minimum atomic E-state index is -1.78. The largest absolute Gasteiger partial charge is 0.390 e. The van der Waals surface area contributed by atoms with Gasteiger partial charge in [-0.3, -0.25) is 0 Å². The molecule has 3 N–H and O–H groups in total. The zero-order valence-corrected chi connectivity index (χ0v) is 9.82. The Morgan fingerprint density at radius 3 is 2.44 bits per heavy atom. The molecule has 0 radical (unpaired) electrons. The maximum absolute atomic E-state index is 13.8. The molecular weight excluding hydrogens is 239 g/mol. The lowest BCUT2D eigenvalue weighted by Crippen LogP contribution is -2.54. The van der Waals surface area contributed by atoms with Crippen molar-refractivity contribution in [1.82, 2.24) is 0 Å². The second-order valence-electron chi connectivity index (χ2n) is 4.57. The van der Waals surface area contributed by atoms with E-state index in [9.17, 15) is 19.7 Å². The van der Waals surface area contributed by atoms with Gasteiger partial charge in [0.1, 0.15) is 12.2 Å². The third-order valence-electron chi connectivity index (χ3n) is 3.18. The molecule has 100 valence electrons. The highest BCUT2D eigenvalue weighted by molar-refractivity contribution is 5.13. The minimum Gasteiger partial charge on any atom is -0.390 e. The predicted molar refractivity (Wildman–Crippen MR) is 62.6 cm³/mol. The summed E-state index contributed by atoms with van der Waals surface area (Å²) in [6.07, 6.45) is -6.83. The zero-order chi connectivity index (χ0) is 13.1. The van der Waals surface area contributed by atoms with Gasteiger partial charge in [0, 0.05) is 6.42 Å². The SMILES string of the molecule is O[C@@H]1[C@@H](F)[C@@H](OCc2ccccc2)[C@@H](O)C[C@H]1O. The minimum absolute atomic E-state index is 0.0823. The molecule has 1 aromatic rings. The fraction of sp³-hybridized carbons (Fsp3) is 0.538. The number of benzene rings is 1. The molecule has 0 unspecified atom stereocenters. The summed E-state index contributed by atoms with van der Waals surface area (Å²) in [5.74, 6) is 0. The molecule has 1 fully saturated rings. The van der Waals surface area contributed by atoms with Crippen molar-refractivity contribution in [2.45, 2.75) is 43.6 Å². The van der Waals surface area contributed by atoms with Crippen LogP contribution >= 0.6 is 0 Å². The Bertz CT molecular complexity index is 373. The maximum Gasteiger partial charge on any atom is 0.157 e. The molecule has 0 aliphatic heterocycles. The van der Waals surface area contributed by atoms with Crippen molar-refractivity contribution < 1.29 is 24.4 Å². The van der Waals surface area contributed by atoms with Crippen LogP contribution in [-0.4, -0.2) is 45.9 Å². The highest BCUT2D eigenvalue weighted by atomic mass is 19.1. The van der Waals surface area contributed by atoms with Crippen molar-refractivity contribution in [2.75, 3.05) is 0 Å². The molecular formula is C13H17FO4. The topological polar surface area (TPSA) is 69.9 Å². The zero-order valence-electron chi connectivity index (χ0n) is 9.82. The van der Waals surface area contributed by atoms with E-state index in [4.69, 9.17) is 4.74 Å². The fourth-order valence-electron chi connectivity index (χ4n) is 2.11. The molecule has 4 nitrogen and oxygen atoms in total. The van der Waals surface area contributed by atoms with Crippen LogP contribution in [0.2, 0.25) is 0 Å². The van der Waals surface area contributed by atoms with Gasteiger partial charge in [0.15, 0.2) is 6.17 Å². The molecule has 5 atom stereocenters. The van der Waals surface area contributed by atoms with Crippen LogP contribution in [0.1, 0.15) is 12.0 Å². The van der Waals surface area contributed by atoms with Crippen molar-refractivity contribution >= 4 is 0 Å². The Hall–Kier alpha value is -1.01. The first-order chi connectivity index (χ1) is 8.59. The van der Waals surface area contributed by atoms with Gasteiger partial charge in [0.25, 0.3) is 0 Å². The molecule has 1 aliphatic carbocycles. The summed E-state index contributed by atoms with van der Waals surface area (Å²) < 4.78 is 19.1. The smallest absolute Gasteiger partial charge is 0.157 e. The standard InChI is InChI=1S/C13H17FO4/c14-11-12(17)9(15)6-10(16)13(11)18-7-8-4-2-1-3-5-8/h1-5,9-13,15-17H,6-7H2/t9-,10+,11-,12+,13+/m1/s1. The third-order valence-corrected chi connectivity index (χ3v) is 3.18. The molecule has 1 aromatic carbocycles. The second kappa shape index (κ2) is 5.75. The molecule has 2 rings (SSSR count). The van der Waals surface area contributed by atoms with Crippen LogP contribution in [-0.2, 0) is 11.3 Å². The van der Waals surface area contributed by atoms with E-state index in [2.05, 4.69) is 0 Å². The van der Waals surface area contributed by atoms with Crippen molar-refractivity contribution in [3.05, 3.63) is 35.9 Å². The van der Waals surface area contributed by atoms with Crippen LogP contribution in [0.4, 0.5) is 4.39 Å². The average molecular weight is 256 g/mol. The Kier molecular flexibility index (Phi) is 4.29. The van der Waals surface area contributed by atoms with Gasteiger partial charge < -0.3 is 20.1 Å². The molecule has 0 heterocycles. The monoisotopic (exact) mass is 256 g/mol. The first-order valence-corrected chi connectivity index (χ1v) is 5.93. The van der Waals surface area contributed by atoms with Crippen molar-refractivity contribution in [3.63, 3.8) is 0 Å². The highest BCUT2D eigenvalue weighted by Gasteiger charge is 2.44. The first kappa shape index (κ1) is 13.4. The van der Waals surface area contributed by atoms with Gasteiger partial charge in [0.2, 0.25) is 0 Å². The van der Waals surface area contributed by atoms with Gasteiger partial charge in [-0.05, 0) is 5.56 Å². The van der Waals surface area contributed by atoms with E-state index in [0.29, 0.717) is 0 Å². The van der Waals surface area contributed by atoms with E-state index in [-0.39, 0.29) is 13.0 Å². The van der Waals surface area contributed by atoms with Gasteiger partial charge in [-0.2, -0.15) is 0 Å². The Morgan fingerprint density at radius 2 is 1.78 bits per heavy atom. The van der Waals surface area contributed by atoms with Crippen LogP contribution in [0.5, 0.6) is 0 Å². The molecule has 0 bridgehead atoms. The van der Waals surface area contributed by atoms with Crippen molar-refractivity contribution in [3.8, 4) is 0 Å². The van der Waals surface area contributed by atoms with Gasteiger partial charge in [-0.25, -0.2) is 4.39 Å². The van der Waals surface area contributed by atoms with Gasteiger partial charge >= 0.3 is 0 Å². The number of aliphatic hydroxyl groups is 3. The third kappa shape index (κ3) is 2.87. The number of aliphatic hydroxyl groups excluding tert-OH is 3. The van der Waals surface area contributed by atoms with Crippen molar-refractivity contribution in [2.24, 2.45) is 0 Å². The lowest BCUT2D eigenvalue weighted by Gasteiger charge is -2.37. The van der Waals surface area contributed by atoms with Crippen LogP contribution in [0, 0.1) is 0 Å². The lowest BCUT2D eigenvalue weighted by molar-refractivity contribution is -0.175. The summed E-state index contributed by atoms with van der Waals surface area (Å²) in [6, 6.07) is 9.18. The second-order valence-corrected chi connectivity index (χ2v) is 4.57. The highest BCUT2D eigenvalue weighted by Crippen LogP contribution is 2.26. The quantitative estimate of drug-likeness (QED) is 0.732. The molecule has 5 heteroatoms.